The molecule has 1 aromatic rings. The van der Waals surface area contributed by atoms with Crippen LogP contribution in [0.3, 0.4) is 0 Å². The Labute approximate surface area is 189 Å². The van der Waals surface area contributed by atoms with Crippen LogP contribution in [-0.4, -0.2) is 65.6 Å². The molecular weight excluding hydrogens is 408 g/mol. The summed E-state index contributed by atoms with van der Waals surface area (Å²) < 4.78 is 0. The summed E-state index contributed by atoms with van der Waals surface area (Å²) in [5, 5.41) is 12.9. The predicted octanol–water partition coefficient (Wildman–Crippen LogP) is 1.40. The Hall–Kier alpha value is -2.94. The number of carbonyl (C=O) groups excluding carboxylic acids is 3. The molecule has 5 N–H and O–H groups in total. The number of primary amides is 1. The largest absolute Gasteiger partial charge is 0.376 e. The summed E-state index contributed by atoms with van der Waals surface area (Å²) >= 11 is 0. The number of nitrogens with zero attached hydrogens (tertiary/aromatic N) is 2. The quantitative estimate of drug-likeness (QED) is 0.474. The number of nitrogens with two attached hydrogens (primary N) is 1. The van der Waals surface area contributed by atoms with E-state index in [0.29, 0.717) is 24.2 Å². The smallest absolute Gasteiger partial charge is 0.267 e. The van der Waals surface area contributed by atoms with Gasteiger partial charge in [0.05, 0.1) is 6.54 Å². The van der Waals surface area contributed by atoms with Crippen LogP contribution in [0.4, 0.5) is 5.69 Å². The summed E-state index contributed by atoms with van der Waals surface area (Å²) in [5.41, 5.74) is 9.89. The minimum Gasteiger partial charge on any atom is -0.376 e. The highest BCUT2D eigenvalue weighted by molar-refractivity contribution is 6.44. The highest BCUT2D eigenvalue weighted by atomic mass is 16.2. The Bertz CT molecular complexity index is 913. The topological polar surface area (TPSA) is 132 Å². The first-order valence-electron chi connectivity index (χ1n) is 11.2. The van der Waals surface area contributed by atoms with Crippen LogP contribution in [0.25, 0.3) is 0 Å². The number of benzene rings is 1. The van der Waals surface area contributed by atoms with Crippen molar-refractivity contribution in [1.29, 1.82) is 5.41 Å². The van der Waals surface area contributed by atoms with Crippen molar-refractivity contribution < 1.29 is 14.4 Å². The van der Waals surface area contributed by atoms with Crippen molar-refractivity contribution in [2.75, 3.05) is 31.5 Å². The zero-order valence-electron chi connectivity index (χ0n) is 19.2. The number of likely N-dealkylation sites (tertiary alicyclic amines) is 1. The third kappa shape index (κ3) is 5.64. The summed E-state index contributed by atoms with van der Waals surface area (Å²) in [6.45, 7) is 8.38. The molecule has 32 heavy (non-hydrogen) atoms. The van der Waals surface area contributed by atoms with E-state index in [1.54, 1.807) is 23.1 Å². The highest BCUT2D eigenvalue weighted by Crippen LogP contribution is 2.28. The van der Waals surface area contributed by atoms with Crippen molar-refractivity contribution in [2.45, 2.75) is 52.5 Å². The van der Waals surface area contributed by atoms with Crippen LogP contribution in [0.15, 0.2) is 18.2 Å². The fourth-order valence-corrected chi connectivity index (χ4v) is 4.51. The zero-order chi connectivity index (χ0) is 23.5. The molecule has 0 aliphatic carbocycles. The molecule has 3 rings (SSSR count). The van der Waals surface area contributed by atoms with Gasteiger partial charge in [-0.2, -0.15) is 0 Å². The maximum absolute atomic E-state index is 13.0. The lowest BCUT2D eigenvalue weighted by Crippen LogP contribution is -2.55. The molecule has 3 amide bonds. The van der Waals surface area contributed by atoms with E-state index < -0.39 is 11.9 Å². The van der Waals surface area contributed by atoms with Gasteiger partial charge < -0.3 is 16.0 Å². The van der Waals surface area contributed by atoms with Gasteiger partial charge in [0.25, 0.3) is 11.8 Å². The molecule has 1 atom stereocenters. The molecule has 2 fully saturated rings. The first kappa shape index (κ1) is 23.7. The van der Waals surface area contributed by atoms with Crippen molar-refractivity contribution in [3.05, 3.63) is 29.3 Å². The summed E-state index contributed by atoms with van der Waals surface area (Å²) in [5.74, 6) is -1.17. The summed E-state index contributed by atoms with van der Waals surface area (Å²) in [6.07, 6.45) is 3.57. The molecule has 174 valence electrons. The van der Waals surface area contributed by atoms with Crippen LogP contribution in [-0.2, 0) is 14.4 Å². The number of amides is 3. The van der Waals surface area contributed by atoms with Gasteiger partial charge in [0.1, 0.15) is 11.8 Å². The average molecular weight is 443 g/mol. The Morgan fingerprint density at radius 2 is 1.97 bits per heavy atom. The van der Waals surface area contributed by atoms with Crippen LogP contribution in [0, 0.1) is 17.7 Å². The minimum absolute atomic E-state index is 0.0387. The minimum atomic E-state index is -0.833. The van der Waals surface area contributed by atoms with E-state index in [-0.39, 0.29) is 29.5 Å². The van der Waals surface area contributed by atoms with Gasteiger partial charge in [-0.05, 0) is 49.7 Å². The molecule has 2 heterocycles. The SMILES string of the molecule is Cc1ccc(C(=N)C(N)=O)c(NCC(=O)N2CCCC2C(=O)NN2CCCC(C)(C)C2)c1. The second-order valence-corrected chi connectivity index (χ2v) is 9.55. The lowest BCUT2D eigenvalue weighted by Gasteiger charge is -2.38. The van der Waals surface area contributed by atoms with Crippen molar-refractivity contribution >= 4 is 29.1 Å². The van der Waals surface area contributed by atoms with Gasteiger partial charge in [0, 0.05) is 30.9 Å². The number of piperidine rings is 1. The summed E-state index contributed by atoms with van der Waals surface area (Å²) in [6, 6.07) is 4.70. The Kier molecular flexibility index (Phi) is 7.18. The Balaban J connectivity index is 1.63. The second kappa shape index (κ2) is 9.68. The standard InChI is InChI=1S/C23H34N6O3/c1-15-7-8-16(20(24)21(25)31)17(12-15)26-13-19(30)29-11-4-6-18(29)22(32)27-28-10-5-9-23(2,3)14-28/h7-8,12,18,24,26H,4-6,9-11,13-14H2,1-3H3,(H2,25,31)(H,27,32). The van der Waals surface area contributed by atoms with Crippen molar-refractivity contribution in [1.82, 2.24) is 15.3 Å². The number of rotatable bonds is 7. The molecule has 0 spiro atoms. The maximum Gasteiger partial charge on any atom is 0.267 e. The fourth-order valence-electron chi connectivity index (χ4n) is 4.51. The molecule has 2 aliphatic rings. The number of aryl methyl sites for hydroxylation is 1. The van der Waals surface area contributed by atoms with Crippen LogP contribution in [0.2, 0.25) is 0 Å². The van der Waals surface area contributed by atoms with Gasteiger partial charge in [-0.1, -0.05) is 26.0 Å². The summed E-state index contributed by atoms with van der Waals surface area (Å²) in [7, 11) is 0. The zero-order valence-corrected chi connectivity index (χ0v) is 19.2. The lowest BCUT2D eigenvalue weighted by molar-refractivity contribution is -0.140. The van der Waals surface area contributed by atoms with E-state index in [4.69, 9.17) is 11.1 Å². The van der Waals surface area contributed by atoms with Gasteiger partial charge in [0.15, 0.2) is 0 Å². The van der Waals surface area contributed by atoms with Gasteiger partial charge in [0.2, 0.25) is 5.91 Å². The van der Waals surface area contributed by atoms with Crippen LogP contribution >= 0.6 is 0 Å². The van der Waals surface area contributed by atoms with E-state index in [1.165, 1.54) is 0 Å². The Morgan fingerprint density at radius 1 is 1.22 bits per heavy atom. The van der Waals surface area contributed by atoms with Crippen LogP contribution in [0.5, 0.6) is 0 Å². The van der Waals surface area contributed by atoms with Gasteiger partial charge in [-0.25, -0.2) is 5.01 Å². The predicted molar refractivity (Wildman–Crippen MR) is 123 cm³/mol. The van der Waals surface area contributed by atoms with E-state index in [0.717, 1.165) is 37.9 Å². The number of carbonyl (C=O) groups is 3. The van der Waals surface area contributed by atoms with Gasteiger partial charge in [-0.3, -0.25) is 25.2 Å². The van der Waals surface area contributed by atoms with Crippen molar-refractivity contribution in [3.8, 4) is 0 Å². The molecule has 0 radical (unpaired) electrons. The van der Waals surface area contributed by atoms with E-state index >= 15 is 0 Å². The van der Waals surface area contributed by atoms with Crippen LogP contribution in [0.1, 0.15) is 50.7 Å². The molecule has 1 unspecified atom stereocenters. The fraction of sp³-hybridized carbons (Fsp3) is 0.565. The van der Waals surface area contributed by atoms with Gasteiger partial charge >= 0.3 is 0 Å². The van der Waals surface area contributed by atoms with Crippen molar-refractivity contribution in [2.24, 2.45) is 11.1 Å². The Morgan fingerprint density at radius 3 is 2.66 bits per heavy atom. The molecule has 0 bridgehead atoms. The monoisotopic (exact) mass is 442 g/mol. The first-order chi connectivity index (χ1) is 15.1. The molecule has 0 aromatic heterocycles. The number of hydrogen-bond acceptors (Lipinski definition) is 6. The maximum atomic E-state index is 13.0. The van der Waals surface area contributed by atoms with Gasteiger partial charge in [-0.15, -0.1) is 0 Å². The van der Waals surface area contributed by atoms with Crippen molar-refractivity contribution in [3.63, 3.8) is 0 Å². The van der Waals surface area contributed by atoms with E-state index in [2.05, 4.69) is 24.6 Å². The van der Waals surface area contributed by atoms with Crippen LogP contribution < -0.4 is 16.5 Å². The number of nitrogens with one attached hydrogen (secondary N) is 3. The molecule has 9 nitrogen and oxygen atoms in total. The van der Waals surface area contributed by atoms with E-state index in [9.17, 15) is 14.4 Å². The number of hydrogen-bond donors (Lipinski definition) is 4. The molecule has 0 saturated carbocycles. The lowest BCUT2D eigenvalue weighted by atomic mass is 9.85. The number of hydrazine groups is 1. The highest BCUT2D eigenvalue weighted by Gasteiger charge is 2.36. The summed E-state index contributed by atoms with van der Waals surface area (Å²) in [4.78, 5) is 39.0. The molecule has 9 heteroatoms. The molecule has 1 aromatic carbocycles. The first-order valence-corrected chi connectivity index (χ1v) is 11.2. The second-order valence-electron chi connectivity index (χ2n) is 9.55. The third-order valence-electron chi connectivity index (χ3n) is 6.17. The molecule has 2 aliphatic heterocycles. The average Bonchev–Trinajstić information content (AvgIpc) is 3.21. The molecular formula is C23H34N6O3. The normalized spacial score (nSPS) is 20.6. The van der Waals surface area contributed by atoms with E-state index in [1.807, 2.05) is 11.9 Å². The number of anilines is 1. The third-order valence-corrected chi connectivity index (χ3v) is 6.17. The molecule has 2 saturated heterocycles.